The third-order valence-electron chi connectivity index (χ3n) is 4.54. The van der Waals surface area contributed by atoms with Crippen LogP contribution < -0.4 is 5.32 Å². The van der Waals surface area contributed by atoms with Gasteiger partial charge in [0.05, 0.1) is 18.1 Å². The Hall–Kier alpha value is -0.850. The van der Waals surface area contributed by atoms with E-state index in [9.17, 15) is 8.42 Å². The van der Waals surface area contributed by atoms with Crippen LogP contribution in [-0.4, -0.2) is 50.0 Å². The first-order valence-corrected chi connectivity index (χ1v) is 9.65. The van der Waals surface area contributed by atoms with Gasteiger partial charge in [-0.2, -0.15) is 0 Å². The highest BCUT2D eigenvalue weighted by Crippen LogP contribution is 2.23. The van der Waals surface area contributed by atoms with E-state index in [4.69, 9.17) is 4.42 Å². The summed E-state index contributed by atoms with van der Waals surface area (Å²) in [6.07, 6.45) is 3.25. The van der Waals surface area contributed by atoms with Gasteiger partial charge in [-0.25, -0.2) is 8.42 Å². The van der Waals surface area contributed by atoms with Crippen LogP contribution in [0.15, 0.2) is 16.5 Å². The Morgan fingerprint density at radius 2 is 1.95 bits per heavy atom. The Bertz CT molecular complexity index is 575. The van der Waals surface area contributed by atoms with Gasteiger partial charge in [0.25, 0.3) is 0 Å². The van der Waals surface area contributed by atoms with Crippen LogP contribution in [0.5, 0.6) is 0 Å². The second kappa shape index (κ2) is 6.10. The molecule has 2 saturated heterocycles. The molecule has 0 unspecified atom stereocenters. The van der Waals surface area contributed by atoms with Gasteiger partial charge in [-0.3, -0.25) is 4.90 Å². The lowest BCUT2D eigenvalue weighted by atomic mass is 10.1. The molecule has 0 saturated carbocycles. The molecule has 118 valence electrons. The summed E-state index contributed by atoms with van der Waals surface area (Å²) in [6, 6.07) is 4.10. The summed E-state index contributed by atoms with van der Waals surface area (Å²) in [5.41, 5.74) is 0. The highest BCUT2D eigenvalue weighted by atomic mass is 32.2. The SMILES string of the molecule is CCc1ccc(CN[C@@H]2CS(=O)(=O)C[C@@H]2N2CCCC2)o1. The Kier molecular flexibility index (Phi) is 4.38. The second-order valence-electron chi connectivity index (χ2n) is 6.10. The lowest BCUT2D eigenvalue weighted by Crippen LogP contribution is -2.48. The molecule has 0 bridgehead atoms. The molecule has 0 spiro atoms. The third-order valence-corrected chi connectivity index (χ3v) is 6.25. The van der Waals surface area contributed by atoms with Crippen molar-refractivity contribution < 1.29 is 12.8 Å². The van der Waals surface area contributed by atoms with Crippen LogP contribution in [0, 0.1) is 0 Å². The summed E-state index contributed by atoms with van der Waals surface area (Å²) in [7, 11) is -2.92. The standard InChI is InChI=1S/C15H24N2O3S/c1-2-12-5-6-13(20-12)9-16-14-10-21(18,19)11-15(14)17-7-3-4-8-17/h5-6,14-16H,2-4,7-11H2,1H3/t14-,15+/m1/s1. The molecule has 21 heavy (non-hydrogen) atoms. The number of hydrogen-bond donors (Lipinski definition) is 1. The smallest absolute Gasteiger partial charge is 0.153 e. The van der Waals surface area contributed by atoms with E-state index in [1.165, 1.54) is 12.8 Å². The van der Waals surface area contributed by atoms with Gasteiger partial charge in [0.2, 0.25) is 0 Å². The van der Waals surface area contributed by atoms with Crippen molar-refractivity contribution in [3.8, 4) is 0 Å². The summed E-state index contributed by atoms with van der Waals surface area (Å²) in [4.78, 5) is 2.34. The predicted octanol–water partition coefficient (Wildman–Crippen LogP) is 1.19. The van der Waals surface area contributed by atoms with E-state index in [0.717, 1.165) is 31.0 Å². The zero-order chi connectivity index (χ0) is 14.9. The molecule has 1 aromatic heterocycles. The number of nitrogens with one attached hydrogen (secondary N) is 1. The Labute approximate surface area is 126 Å². The van der Waals surface area contributed by atoms with E-state index >= 15 is 0 Å². The minimum atomic E-state index is -2.92. The van der Waals surface area contributed by atoms with E-state index in [2.05, 4.69) is 17.1 Å². The van der Waals surface area contributed by atoms with Gasteiger partial charge in [-0.1, -0.05) is 6.92 Å². The van der Waals surface area contributed by atoms with Crippen LogP contribution in [-0.2, 0) is 22.8 Å². The van der Waals surface area contributed by atoms with Crippen molar-refractivity contribution in [3.63, 3.8) is 0 Å². The number of rotatable bonds is 5. The van der Waals surface area contributed by atoms with Crippen molar-refractivity contribution in [2.45, 2.75) is 44.8 Å². The zero-order valence-electron chi connectivity index (χ0n) is 12.5. The fourth-order valence-electron chi connectivity index (χ4n) is 3.40. The van der Waals surface area contributed by atoms with Gasteiger partial charge >= 0.3 is 0 Å². The molecule has 1 N–H and O–H groups in total. The maximum absolute atomic E-state index is 12.0. The molecule has 3 rings (SSSR count). The Morgan fingerprint density at radius 1 is 1.24 bits per heavy atom. The lowest BCUT2D eigenvalue weighted by molar-refractivity contribution is 0.223. The molecular formula is C15H24N2O3S. The summed E-state index contributed by atoms with van der Waals surface area (Å²) >= 11 is 0. The molecule has 2 atom stereocenters. The van der Waals surface area contributed by atoms with Crippen LogP contribution in [0.3, 0.4) is 0 Å². The first kappa shape index (κ1) is 15.1. The Morgan fingerprint density at radius 3 is 2.62 bits per heavy atom. The average molecular weight is 312 g/mol. The number of likely N-dealkylation sites (tertiary alicyclic amines) is 1. The fraction of sp³-hybridized carbons (Fsp3) is 0.733. The first-order chi connectivity index (χ1) is 10.1. The molecule has 0 aromatic carbocycles. The number of hydrogen-bond acceptors (Lipinski definition) is 5. The number of furan rings is 1. The molecule has 3 heterocycles. The van der Waals surface area contributed by atoms with E-state index in [1.807, 2.05) is 12.1 Å². The fourth-order valence-corrected chi connectivity index (χ4v) is 5.38. The molecule has 0 radical (unpaired) electrons. The molecule has 0 amide bonds. The van der Waals surface area contributed by atoms with Gasteiger partial charge in [0.1, 0.15) is 11.5 Å². The minimum Gasteiger partial charge on any atom is -0.465 e. The van der Waals surface area contributed by atoms with Gasteiger partial charge < -0.3 is 9.73 Å². The van der Waals surface area contributed by atoms with Crippen LogP contribution in [0.1, 0.15) is 31.3 Å². The summed E-state index contributed by atoms with van der Waals surface area (Å²) < 4.78 is 29.6. The minimum absolute atomic E-state index is 0.0169. The molecular weight excluding hydrogens is 288 g/mol. The lowest BCUT2D eigenvalue weighted by Gasteiger charge is -2.28. The maximum atomic E-state index is 12.0. The molecule has 0 aliphatic carbocycles. The maximum Gasteiger partial charge on any atom is 0.153 e. The number of nitrogens with zero attached hydrogens (tertiary/aromatic N) is 1. The third kappa shape index (κ3) is 3.49. The van der Waals surface area contributed by atoms with Crippen molar-refractivity contribution in [2.24, 2.45) is 0 Å². The van der Waals surface area contributed by atoms with Gasteiger partial charge in [-0.05, 0) is 38.1 Å². The van der Waals surface area contributed by atoms with Crippen molar-refractivity contribution in [3.05, 3.63) is 23.7 Å². The predicted molar refractivity (Wildman–Crippen MR) is 82.0 cm³/mol. The van der Waals surface area contributed by atoms with Crippen molar-refractivity contribution in [2.75, 3.05) is 24.6 Å². The van der Waals surface area contributed by atoms with E-state index in [-0.39, 0.29) is 17.8 Å². The summed E-state index contributed by atoms with van der Waals surface area (Å²) in [5, 5.41) is 3.40. The average Bonchev–Trinajstić information content (AvgIpc) is 3.15. The quantitative estimate of drug-likeness (QED) is 0.885. The van der Waals surface area contributed by atoms with E-state index < -0.39 is 9.84 Å². The van der Waals surface area contributed by atoms with Gasteiger partial charge in [-0.15, -0.1) is 0 Å². The first-order valence-electron chi connectivity index (χ1n) is 7.83. The van der Waals surface area contributed by atoms with Crippen molar-refractivity contribution in [1.29, 1.82) is 0 Å². The second-order valence-corrected chi connectivity index (χ2v) is 8.25. The topological polar surface area (TPSA) is 62.6 Å². The number of aryl methyl sites for hydroxylation is 1. The van der Waals surface area contributed by atoms with Crippen LogP contribution in [0.4, 0.5) is 0 Å². The highest BCUT2D eigenvalue weighted by Gasteiger charge is 2.41. The summed E-state index contributed by atoms with van der Waals surface area (Å²) in [6.45, 7) is 4.71. The van der Waals surface area contributed by atoms with Gasteiger partial charge in [0, 0.05) is 18.5 Å². The Balaban J connectivity index is 1.64. The number of sulfone groups is 1. The summed E-state index contributed by atoms with van der Waals surface area (Å²) in [5.74, 6) is 2.40. The van der Waals surface area contributed by atoms with Crippen LogP contribution >= 0.6 is 0 Å². The molecule has 5 nitrogen and oxygen atoms in total. The van der Waals surface area contributed by atoms with Crippen molar-refractivity contribution >= 4 is 9.84 Å². The van der Waals surface area contributed by atoms with E-state index in [1.54, 1.807) is 0 Å². The van der Waals surface area contributed by atoms with Gasteiger partial charge in [0.15, 0.2) is 9.84 Å². The van der Waals surface area contributed by atoms with Crippen LogP contribution in [0.25, 0.3) is 0 Å². The normalized spacial score (nSPS) is 29.2. The molecule has 2 aliphatic rings. The van der Waals surface area contributed by atoms with E-state index in [0.29, 0.717) is 12.3 Å². The molecule has 2 aliphatic heterocycles. The van der Waals surface area contributed by atoms with Crippen molar-refractivity contribution in [1.82, 2.24) is 10.2 Å². The monoisotopic (exact) mass is 312 g/mol. The largest absolute Gasteiger partial charge is 0.465 e. The zero-order valence-corrected chi connectivity index (χ0v) is 13.4. The highest BCUT2D eigenvalue weighted by molar-refractivity contribution is 7.91. The molecule has 6 heteroatoms. The molecule has 1 aromatic rings. The molecule has 2 fully saturated rings. The van der Waals surface area contributed by atoms with Crippen LogP contribution in [0.2, 0.25) is 0 Å².